The first-order valence-corrected chi connectivity index (χ1v) is 8.86. The van der Waals surface area contributed by atoms with Crippen molar-refractivity contribution in [1.29, 1.82) is 0 Å². The molecule has 1 heterocycles. The molecule has 2 rings (SSSR count). The Morgan fingerprint density at radius 3 is 2.80 bits per heavy atom. The number of amides is 1. The smallest absolute Gasteiger partial charge is 0.329 e. The number of ether oxygens (including phenoxy) is 3. The molecule has 1 saturated heterocycles. The van der Waals surface area contributed by atoms with E-state index in [0.29, 0.717) is 33.0 Å². The molecule has 1 aliphatic rings. The van der Waals surface area contributed by atoms with E-state index in [9.17, 15) is 9.59 Å². The summed E-state index contributed by atoms with van der Waals surface area (Å²) in [5.74, 6) is -0.643. The van der Waals surface area contributed by atoms with E-state index in [1.807, 2.05) is 30.3 Å². The lowest BCUT2D eigenvalue weighted by atomic mass is 9.93. The van der Waals surface area contributed by atoms with Crippen molar-refractivity contribution in [2.24, 2.45) is 5.92 Å². The molecule has 138 valence electrons. The SMILES string of the molecule is CCOC(=O)[C@H](NC(=O)CCOCc1ccccc1)[C@@H]1CCCOC1. The van der Waals surface area contributed by atoms with Crippen molar-refractivity contribution < 1.29 is 23.8 Å². The third-order valence-corrected chi connectivity index (χ3v) is 4.11. The maximum absolute atomic E-state index is 12.2. The molecule has 6 nitrogen and oxygen atoms in total. The fraction of sp³-hybridized carbons (Fsp3) is 0.579. The summed E-state index contributed by atoms with van der Waals surface area (Å²) in [7, 11) is 0. The number of nitrogens with one attached hydrogen (secondary N) is 1. The largest absolute Gasteiger partial charge is 0.464 e. The molecule has 1 N–H and O–H groups in total. The van der Waals surface area contributed by atoms with E-state index in [1.165, 1.54) is 0 Å². The Morgan fingerprint density at radius 2 is 2.12 bits per heavy atom. The minimum atomic E-state index is -0.651. The monoisotopic (exact) mass is 349 g/mol. The predicted octanol–water partition coefficient (Wildman–Crippen LogP) is 2.07. The average molecular weight is 349 g/mol. The summed E-state index contributed by atoms with van der Waals surface area (Å²) in [6.07, 6.45) is 1.93. The van der Waals surface area contributed by atoms with Gasteiger partial charge in [0.2, 0.25) is 5.91 Å². The molecule has 2 atom stereocenters. The summed E-state index contributed by atoms with van der Waals surface area (Å²) in [6, 6.07) is 9.13. The first-order chi connectivity index (χ1) is 12.2. The maximum atomic E-state index is 12.2. The van der Waals surface area contributed by atoms with Crippen LogP contribution in [0.15, 0.2) is 30.3 Å². The number of carbonyl (C=O) groups is 2. The normalized spacial score (nSPS) is 18.4. The van der Waals surface area contributed by atoms with Gasteiger partial charge in [0.15, 0.2) is 0 Å². The highest BCUT2D eigenvalue weighted by Gasteiger charge is 2.32. The summed E-state index contributed by atoms with van der Waals surface area (Å²) >= 11 is 0. The van der Waals surface area contributed by atoms with Crippen LogP contribution in [0.1, 0.15) is 31.7 Å². The van der Waals surface area contributed by atoms with Gasteiger partial charge in [-0.15, -0.1) is 0 Å². The second-order valence-corrected chi connectivity index (χ2v) is 6.06. The Balaban J connectivity index is 1.76. The molecule has 0 spiro atoms. The summed E-state index contributed by atoms with van der Waals surface area (Å²) in [6.45, 7) is 3.98. The molecule has 1 aromatic rings. The van der Waals surface area contributed by atoms with Gasteiger partial charge in [0.05, 0.1) is 26.4 Å². The minimum absolute atomic E-state index is 0.0398. The van der Waals surface area contributed by atoms with E-state index >= 15 is 0 Å². The Hall–Kier alpha value is -1.92. The Kier molecular flexibility index (Phi) is 8.42. The molecule has 0 unspecified atom stereocenters. The van der Waals surface area contributed by atoms with Crippen LogP contribution in [0, 0.1) is 5.92 Å². The molecule has 6 heteroatoms. The van der Waals surface area contributed by atoms with Crippen molar-refractivity contribution in [3.63, 3.8) is 0 Å². The molecule has 1 fully saturated rings. The molecule has 0 radical (unpaired) electrons. The van der Waals surface area contributed by atoms with E-state index < -0.39 is 12.0 Å². The van der Waals surface area contributed by atoms with Gasteiger partial charge in [0, 0.05) is 18.9 Å². The number of esters is 1. The van der Waals surface area contributed by atoms with Crippen molar-refractivity contribution >= 4 is 11.9 Å². The van der Waals surface area contributed by atoms with Crippen molar-refractivity contribution in [3.8, 4) is 0 Å². The van der Waals surface area contributed by atoms with Gasteiger partial charge in [0.25, 0.3) is 0 Å². The van der Waals surface area contributed by atoms with Crippen molar-refractivity contribution in [1.82, 2.24) is 5.32 Å². The van der Waals surface area contributed by atoms with Crippen LogP contribution >= 0.6 is 0 Å². The van der Waals surface area contributed by atoms with Gasteiger partial charge in [-0.3, -0.25) is 4.79 Å². The van der Waals surface area contributed by atoms with Crippen LogP contribution in [0.3, 0.4) is 0 Å². The van der Waals surface area contributed by atoms with Gasteiger partial charge in [-0.2, -0.15) is 0 Å². The minimum Gasteiger partial charge on any atom is -0.464 e. The predicted molar refractivity (Wildman–Crippen MR) is 92.8 cm³/mol. The van der Waals surface area contributed by atoms with Crippen LogP contribution in [0.2, 0.25) is 0 Å². The first-order valence-electron chi connectivity index (χ1n) is 8.86. The zero-order chi connectivity index (χ0) is 17.9. The first kappa shape index (κ1) is 19.4. The highest BCUT2D eigenvalue weighted by Crippen LogP contribution is 2.18. The number of carbonyl (C=O) groups excluding carboxylic acids is 2. The highest BCUT2D eigenvalue weighted by atomic mass is 16.5. The molecular formula is C19H27NO5. The zero-order valence-electron chi connectivity index (χ0n) is 14.7. The van der Waals surface area contributed by atoms with Gasteiger partial charge in [-0.05, 0) is 25.3 Å². The molecule has 0 saturated carbocycles. The highest BCUT2D eigenvalue weighted by molar-refractivity contribution is 5.84. The average Bonchev–Trinajstić information content (AvgIpc) is 2.65. The van der Waals surface area contributed by atoms with E-state index in [4.69, 9.17) is 14.2 Å². The number of benzene rings is 1. The van der Waals surface area contributed by atoms with Crippen LogP contribution in [0.4, 0.5) is 0 Å². The number of rotatable bonds is 9. The van der Waals surface area contributed by atoms with E-state index in [0.717, 1.165) is 18.4 Å². The lowest BCUT2D eigenvalue weighted by Gasteiger charge is -2.29. The molecular weight excluding hydrogens is 322 g/mol. The molecule has 0 bridgehead atoms. The van der Waals surface area contributed by atoms with E-state index in [-0.39, 0.29) is 18.2 Å². The quantitative estimate of drug-likeness (QED) is 0.546. The summed E-state index contributed by atoms with van der Waals surface area (Å²) in [4.78, 5) is 24.3. The van der Waals surface area contributed by atoms with Gasteiger partial charge in [-0.1, -0.05) is 30.3 Å². The fourth-order valence-electron chi connectivity index (χ4n) is 2.80. The van der Waals surface area contributed by atoms with Crippen LogP contribution in [0.5, 0.6) is 0 Å². The third-order valence-electron chi connectivity index (χ3n) is 4.11. The van der Waals surface area contributed by atoms with Crippen molar-refractivity contribution in [2.45, 2.75) is 38.8 Å². The molecule has 25 heavy (non-hydrogen) atoms. The molecule has 0 aromatic heterocycles. The van der Waals surface area contributed by atoms with Crippen molar-refractivity contribution in [2.75, 3.05) is 26.4 Å². The van der Waals surface area contributed by atoms with Gasteiger partial charge < -0.3 is 19.5 Å². The van der Waals surface area contributed by atoms with Gasteiger partial charge in [-0.25, -0.2) is 4.79 Å². The molecule has 1 amide bonds. The Morgan fingerprint density at radius 1 is 1.32 bits per heavy atom. The maximum Gasteiger partial charge on any atom is 0.329 e. The van der Waals surface area contributed by atoms with Crippen LogP contribution in [-0.2, 0) is 30.4 Å². The lowest BCUT2D eigenvalue weighted by molar-refractivity contribution is -0.150. The van der Waals surface area contributed by atoms with Crippen molar-refractivity contribution in [3.05, 3.63) is 35.9 Å². The van der Waals surface area contributed by atoms with Crippen LogP contribution in [0.25, 0.3) is 0 Å². The van der Waals surface area contributed by atoms with E-state index in [2.05, 4.69) is 5.32 Å². The van der Waals surface area contributed by atoms with Crippen LogP contribution in [-0.4, -0.2) is 44.3 Å². The summed E-state index contributed by atoms with van der Waals surface area (Å²) in [5, 5.41) is 2.80. The summed E-state index contributed by atoms with van der Waals surface area (Å²) < 4.78 is 16.1. The topological polar surface area (TPSA) is 73.9 Å². The lowest BCUT2D eigenvalue weighted by Crippen LogP contribution is -2.49. The van der Waals surface area contributed by atoms with E-state index in [1.54, 1.807) is 6.92 Å². The van der Waals surface area contributed by atoms with Gasteiger partial charge >= 0.3 is 5.97 Å². The second-order valence-electron chi connectivity index (χ2n) is 6.06. The second kappa shape index (κ2) is 10.8. The number of hydrogen-bond acceptors (Lipinski definition) is 5. The molecule has 1 aliphatic heterocycles. The molecule has 1 aromatic carbocycles. The third kappa shape index (κ3) is 6.84. The fourth-order valence-corrected chi connectivity index (χ4v) is 2.80. The summed E-state index contributed by atoms with van der Waals surface area (Å²) in [5.41, 5.74) is 1.06. The van der Waals surface area contributed by atoms with Crippen LogP contribution < -0.4 is 5.32 Å². The number of hydrogen-bond donors (Lipinski definition) is 1. The standard InChI is InChI=1S/C19H27NO5/c1-2-25-19(22)18(16-9-6-11-23-14-16)20-17(21)10-12-24-13-15-7-4-3-5-8-15/h3-5,7-8,16,18H,2,6,9-14H2,1H3,(H,20,21)/t16-,18-/m1/s1. The Bertz CT molecular complexity index is 528. The molecule has 0 aliphatic carbocycles. The zero-order valence-corrected chi connectivity index (χ0v) is 14.7. The Labute approximate surface area is 148 Å². The van der Waals surface area contributed by atoms with Gasteiger partial charge in [0.1, 0.15) is 6.04 Å².